The minimum Gasteiger partial charge on any atom is -0.382 e. The molecule has 0 radical (unpaired) electrons. The fourth-order valence-electron chi connectivity index (χ4n) is 2.20. The van der Waals surface area contributed by atoms with Crippen molar-refractivity contribution in [3.05, 3.63) is 0 Å². The summed E-state index contributed by atoms with van der Waals surface area (Å²) in [5, 5.41) is 0. The van der Waals surface area contributed by atoms with Crippen molar-refractivity contribution in [1.82, 2.24) is 0 Å². The summed E-state index contributed by atoms with van der Waals surface area (Å²) < 4.78 is 10.8. The van der Waals surface area contributed by atoms with Gasteiger partial charge in [-0.05, 0) is 25.2 Å². The minimum absolute atomic E-state index is 0.138. The molecule has 1 heterocycles. The second-order valence-electron chi connectivity index (χ2n) is 3.54. The summed E-state index contributed by atoms with van der Waals surface area (Å²) >= 11 is 0. The number of methoxy groups -OCH3 is 1. The molecule has 2 aliphatic rings. The first-order valence-corrected chi connectivity index (χ1v) is 3.98. The highest BCUT2D eigenvalue weighted by atomic mass is 16.5. The van der Waals surface area contributed by atoms with E-state index in [4.69, 9.17) is 9.47 Å². The Morgan fingerprint density at radius 1 is 1.70 bits per heavy atom. The van der Waals surface area contributed by atoms with Gasteiger partial charge < -0.3 is 9.47 Å². The fourth-order valence-corrected chi connectivity index (χ4v) is 2.20. The van der Waals surface area contributed by atoms with Gasteiger partial charge >= 0.3 is 0 Å². The summed E-state index contributed by atoms with van der Waals surface area (Å²) in [6.07, 6.45) is 3.80. The Morgan fingerprint density at radius 2 is 2.60 bits per heavy atom. The van der Waals surface area contributed by atoms with Crippen molar-refractivity contribution in [3.63, 3.8) is 0 Å². The maximum atomic E-state index is 5.65. The predicted molar refractivity (Wildman–Crippen MR) is 37.9 cm³/mol. The molecule has 2 fully saturated rings. The number of hydrogen-bond acceptors (Lipinski definition) is 2. The summed E-state index contributed by atoms with van der Waals surface area (Å²) in [4.78, 5) is 0. The van der Waals surface area contributed by atoms with Crippen LogP contribution >= 0.6 is 0 Å². The van der Waals surface area contributed by atoms with Crippen LogP contribution in [0.2, 0.25) is 0 Å². The van der Waals surface area contributed by atoms with Gasteiger partial charge in [0.15, 0.2) is 0 Å². The lowest BCUT2D eigenvalue weighted by Crippen LogP contribution is -2.31. The molecule has 1 aliphatic carbocycles. The van der Waals surface area contributed by atoms with Crippen LogP contribution in [-0.2, 0) is 9.47 Å². The van der Waals surface area contributed by atoms with E-state index >= 15 is 0 Å². The molecule has 2 atom stereocenters. The topological polar surface area (TPSA) is 18.5 Å². The van der Waals surface area contributed by atoms with Gasteiger partial charge in [-0.25, -0.2) is 0 Å². The number of ether oxygens (including phenoxy) is 2. The second kappa shape index (κ2) is 2.21. The largest absolute Gasteiger partial charge is 0.382 e. The molecule has 10 heavy (non-hydrogen) atoms. The lowest BCUT2D eigenvalue weighted by atomic mass is 10.0. The summed E-state index contributed by atoms with van der Waals surface area (Å²) in [7, 11) is 1.75. The van der Waals surface area contributed by atoms with E-state index < -0.39 is 0 Å². The SMILES string of the molecule is COC[C@]12CC[C@H](CO1)C2. The third kappa shape index (κ3) is 0.867. The van der Waals surface area contributed by atoms with Crippen LogP contribution in [-0.4, -0.2) is 25.9 Å². The molecule has 0 spiro atoms. The highest BCUT2D eigenvalue weighted by molar-refractivity contribution is 4.95. The highest BCUT2D eigenvalue weighted by Crippen LogP contribution is 2.44. The maximum absolute atomic E-state index is 5.65. The van der Waals surface area contributed by atoms with E-state index in [-0.39, 0.29) is 5.60 Å². The molecule has 2 nitrogen and oxygen atoms in total. The lowest BCUT2D eigenvalue weighted by Gasteiger charge is -2.25. The molecule has 0 N–H and O–H groups in total. The van der Waals surface area contributed by atoms with Crippen molar-refractivity contribution < 1.29 is 9.47 Å². The zero-order valence-corrected chi connectivity index (χ0v) is 6.43. The third-order valence-corrected chi connectivity index (χ3v) is 2.70. The molecule has 0 aromatic carbocycles. The van der Waals surface area contributed by atoms with Crippen LogP contribution in [0.15, 0.2) is 0 Å². The second-order valence-corrected chi connectivity index (χ2v) is 3.54. The Labute approximate surface area is 61.5 Å². The van der Waals surface area contributed by atoms with Gasteiger partial charge in [0.05, 0.1) is 18.8 Å². The molecule has 0 amide bonds. The molecule has 2 rings (SSSR count). The van der Waals surface area contributed by atoms with Crippen LogP contribution in [0.3, 0.4) is 0 Å². The van der Waals surface area contributed by atoms with Crippen molar-refractivity contribution in [2.75, 3.05) is 20.3 Å². The molecule has 58 valence electrons. The van der Waals surface area contributed by atoms with Gasteiger partial charge in [0.2, 0.25) is 0 Å². The van der Waals surface area contributed by atoms with Crippen molar-refractivity contribution in [1.29, 1.82) is 0 Å². The van der Waals surface area contributed by atoms with Gasteiger partial charge in [-0.3, -0.25) is 0 Å². The number of fused-ring (bicyclic) bond motifs is 2. The van der Waals surface area contributed by atoms with Crippen LogP contribution in [0, 0.1) is 5.92 Å². The summed E-state index contributed by atoms with van der Waals surface area (Å²) in [5.74, 6) is 0.843. The van der Waals surface area contributed by atoms with Crippen molar-refractivity contribution in [2.24, 2.45) is 5.92 Å². The Bertz CT molecular complexity index is 125. The first-order chi connectivity index (χ1) is 4.85. The van der Waals surface area contributed by atoms with E-state index in [1.165, 1.54) is 19.3 Å². The molecule has 0 aromatic rings. The van der Waals surface area contributed by atoms with Crippen LogP contribution < -0.4 is 0 Å². The summed E-state index contributed by atoms with van der Waals surface area (Å²) in [6.45, 7) is 1.77. The van der Waals surface area contributed by atoms with E-state index in [0.717, 1.165) is 19.1 Å². The first-order valence-electron chi connectivity index (χ1n) is 3.98. The van der Waals surface area contributed by atoms with E-state index in [9.17, 15) is 0 Å². The molecule has 2 bridgehead atoms. The van der Waals surface area contributed by atoms with Gasteiger partial charge in [-0.2, -0.15) is 0 Å². The molecule has 2 heteroatoms. The average molecular weight is 142 g/mol. The van der Waals surface area contributed by atoms with Crippen LogP contribution in [0.1, 0.15) is 19.3 Å². The van der Waals surface area contributed by atoms with E-state index in [0.29, 0.717) is 0 Å². The van der Waals surface area contributed by atoms with E-state index in [1.807, 2.05) is 0 Å². The minimum atomic E-state index is 0.138. The predicted octanol–water partition coefficient (Wildman–Crippen LogP) is 1.20. The Hall–Kier alpha value is -0.0800. The van der Waals surface area contributed by atoms with Crippen molar-refractivity contribution in [2.45, 2.75) is 24.9 Å². The summed E-state index contributed by atoms with van der Waals surface area (Å²) in [5.41, 5.74) is 0.138. The fraction of sp³-hybridized carbons (Fsp3) is 1.00. The molecule has 1 saturated carbocycles. The van der Waals surface area contributed by atoms with E-state index in [1.54, 1.807) is 7.11 Å². The maximum Gasteiger partial charge on any atom is 0.0918 e. The van der Waals surface area contributed by atoms with Gasteiger partial charge in [-0.1, -0.05) is 0 Å². The zero-order chi connectivity index (χ0) is 7.03. The van der Waals surface area contributed by atoms with Crippen molar-refractivity contribution in [3.8, 4) is 0 Å². The van der Waals surface area contributed by atoms with Crippen LogP contribution in [0.4, 0.5) is 0 Å². The molecular formula is C8H14O2. The van der Waals surface area contributed by atoms with Gasteiger partial charge in [0, 0.05) is 7.11 Å². The van der Waals surface area contributed by atoms with Crippen molar-refractivity contribution >= 4 is 0 Å². The monoisotopic (exact) mass is 142 g/mol. The Morgan fingerprint density at radius 3 is 3.00 bits per heavy atom. The van der Waals surface area contributed by atoms with Crippen LogP contribution in [0.5, 0.6) is 0 Å². The normalized spacial score (nSPS) is 44.7. The average Bonchev–Trinajstić information content (AvgIpc) is 2.46. The zero-order valence-electron chi connectivity index (χ0n) is 6.43. The first kappa shape index (κ1) is 6.62. The number of rotatable bonds is 2. The standard InChI is InChI=1S/C8H14O2/c1-9-6-8-3-2-7(4-8)5-10-8/h7H,2-6H2,1H3/t7-,8+/m0/s1. The molecule has 1 aliphatic heterocycles. The van der Waals surface area contributed by atoms with Gasteiger partial charge in [0.1, 0.15) is 0 Å². The molecule has 0 aromatic heterocycles. The summed E-state index contributed by atoms with van der Waals surface area (Å²) in [6, 6.07) is 0. The quantitative estimate of drug-likeness (QED) is 0.576. The Balaban J connectivity index is 2.01. The molecule has 0 unspecified atom stereocenters. The van der Waals surface area contributed by atoms with Gasteiger partial charge in [0.25, 0.3) is 0 Å². The highest BCUT2D eigenvalue weighted by Gasteiger charge is 2.46. The number of hydrogen-bond donors (Lipinski definition) is 0. The lowest BCUT2D eigenvalue weighted by molar-refractivity contribution is -0.0640. The van der Waals surface area contributed by atoms with Crippen LogP contribution in [0.25, 0.3) is 0 Å². The Kier molecular flexibility index (Phi) is 1.46. The molecule has 1 saturated heterocycles. The van der Waals surface area contributed by atoms with E-state index in [2.05, 4.69) is 0 Å². The third-order valence-electron chi connectivity index (χ3n) is 2.70. The molecular weight excluding hydrogens is 128 g/mol. The van der Waals surface area contributed by atoms with Gasteiger partial charge in [-0.15, -0.1) is 0 Å². The smallest absolute Gasteiger partial charge is 0.0918 e.